The van der Waals surface area contributed by atoms with Gasteiger partial charge in [-0.05, 0) is 42.8 Å². The molecule has 0 aromatic heterocycles. The van der Waals surface area contributed by atoms with E-state index in [1.807, 2.05) is 6.92 Å². The van der Waals surface area contributed by atoms with E-state index >= 15 is 0 Å². The number of halogens is 2. The summed E-state index contributed by atoms with van der Waals surface area (Å²) in [6.07, 6.45) is 0. The highest BCUT2D eigenvalue weighted by molar-refractivity contribution is 7.92. The van der Waals surface area contributed by atoms with Crippen molar-refractivity contribution >= 4 is 27.3 Å². The van der Waals surface area contributed by atoms with E-state index in [1.54, 1.807) is 18.2 Å². The van der Waals surface area contributed by atoms with E-state index in [4.69, 9.17) is 16.3 Å². The smallest absolute Gasteiger partial charge is 0.264 e. The van der Waals surface area contributed by atoms with E-state index in [0.717, 1.165) is 15.9 Å². The molecule has 2 rings (SSSR count). The maximum atomic E-state index is 13.7. The molecule has 0 saturated carbocycles. The number of rotatable bonds is 4. The predicted molar refractivity (Wildman–Crippen MR) is 84.7 cm³/mol. The zero-order valence-corrected chi connectivity index (χ0v) is 13.9. The second-order valence-electron chi connectivity index (χ2n) is 4.70. The minimum atomic E-state index is -3.89. The molecule has 0 aliphatic rings. The van der Waals surface area contributed by atoms with Crippen LogP contribution in [0.5, 0.6) is 5.75 Å². The molecule has 0 N–H and O–H groups in total. The van der Waals surface area contributed by atoms with Gasteiger partial charge in [-0.1, -0.05) is 17.7 Å². The van der Waals surface area contributed by atoms with E-state index in [2.05, 4.69) is 0 Å². The molecule has 0 aliphatic heterocycles. The summed E-state index contributed by atoms with van der Waals surface area (Å²) in [5.74, 6) is -0.751. The number of aryl methyl sites for hydroxylation is 1. The SMILES string of the molecule is COc1ccc(S(=O)(=O)N(C)c2ccc(C)c(Cl)c2)cc1F. The molecule has 0 amide bonds. The number of ether oxygens (including phenoxy) is 1. The van der Waals surface area contributed by atoms with E-state index in [9.17, 15) is 12.8 Å². The van der Waals surface area contributed by atoms with Gasteiger partial charge in [0.25, 0.3) is 10.0 Å². The van der Waals surface area contributed by atoms with Crippen molar-refractivity contribution in [2.45, 2.75) is 11.8 Å². The Balaban J connectivity index is 2.44. The van der Waals surface area contributed by atoms with Crippen molar-refractivity contribution in [1.82, 2.24) is 0 Å². The summed E-state index contributed by atoms with van der Waals surface area (Å²) >= 11 is 6.02. The zero-order valence-electron chi connectivity index (χ0n) is 12.3. The lowest BCUT2D eigenvalue weighted by Crippen LogP contribution is -2.26. The van der Waals surface area contributed by atoms with E-state index in [-0.39, 0.29) is 10.6 Å². The highest BCUT2D eigenvalue weighted by atomic mass is 35.5. The molecule has 118 valence electrons. The van der Waals surface area contributed by atoms with Crippen molar-refractivity contribution in [3.63, 3.8) is 0 Å². The first-order valence-electron chi connectivity index (χ1n) is 6.36. The lowest BCUT2D eigenvalue weighted by Gasteiger charge is -2.20. The first-order chi connectivity index (χ1) is 10.3. The van der Waals surface area contributed by atoms with Crippen molar-refractivity contribution in [2.24, 2.45) is 0 Å². The summed E-state index contributed by atoms with van der Waals surface area (Å²) in [6, 6.07) is 8.41. The van der Waals surface area contributed by atoms with Crippen LogP contribution < -0.4 is 9.04 Å². The normalized spacial score (nSPS) is 11.3. The molecule has 0 bridgehead atoms. The fraction of sp³-hybridized carbons (Fsp3) is 0.200. The maximum absolute atomic E-state index is 13.7. The molecule has 0 atom stereocenters. The number of hydrogen-bond donors (Lipinski definition) is 0. The Morgan fingerprint density at radius 2 is 1.86 bits per heavy atom. The van der Waals surface area contributed by atoms with Gasteiger partial charge in [-0.3, -0.25) is 4.31 Å². The lowest BCUT2D eigenvalue weighted by atomic mass is 10.2. The van der Waals surface area contributed by atoms with Gasteiger partial charge < -0.3 is 4.74 Å². The van der Waals surface area contributed by atoms with Crippen LogP contribution in [0.4, 0.5) is 10.1 Å². The highest BCUT2D eigenvalue weighted by Gasteiger charge is 2.23. The monoisotopic (exact) mass is 343 g/mol. The minimum Gasteiger partial charge on any atom is -0.494 e. The van der Waals surface area contributed by atoms with Crippen LogP contribution in [0.1, 0.15) is 5.56 Å². The Morgan fingerprint density at radius 1 is 1.18 bits per heavy atom. The van der Waals surface area contributed by atoms with Crippen LogP contribution in [0.15, 0.2) is 41.3 Å². The van der Waals surface area contributed by atoms with Gasteiger partial charge in [0, 0.05) is 12.1 Å². The second-order valence-corrected chi connectivity index (χ2v) is 7.08. The van der Waals surface area contributed by atoms with Crippen molar-refractivity contribution < 1.29 is 17.5 Å². The van der Waals surface area contributed by atoms with Crippen molar-refractivity contribution in [1.29, 1.82) is 0 Å². The molecule has 0 unspecified atom stereocenters. The molecule has 2 aromatic carbocycles. The van der Waals surface area contributed by atoms with E-state index in [0.29, 0.717) is 10.7 Å². The molecule has 0 fully saturated rings. The van der Waals surface area contributed by atoms with Crippen molar-refractivity contribution in [3.8, 4) is 5.75 Å². The van der Waals surface area contributed by atoms with E-state index < -0.39 is 15.8 Å². The summed E-state index contributed by atoms with van der Waals surface area (Å²) in [4.78, 5) is -0.162. The lowest BCUT2D eigenvalue weighted by molar-refractivity contribution is 0.385. The van der Waals surface area contributed by atoms with Crippen molar-refractivity contribution in [2.75, 3.05) is 18.5 Å². The largest absolute Gasteiger partial charge is 0.494 e. The molecule has 0 aliphatic carbocycles. The van der Waals surface area contributed by atoms with E-state index in [1.165, 1.54) is 26.3 Å². The van der Waals surface area contributed by atoms with Gasteiger partial charge in [-0.25, -0.2) is 12.8 Å². The van der Waals surface area contributed by atoms with Gasteiger partial charge in [0.1, 0.15) is 0 Å². The molecule has 4 nitrogen and oxygen atoms in total. The van der Waals surface area contributed by atoms with Crippen LogP contribution in [0, 0.1) is 12.7 Å². The summed E-state index contributed by atoms with van der Waals surface area (Å²) < 4.78 is 44.7. The number of methoxy groups -OCH3 is 1. The first-order valence-corrected chi connectivity index (χ1v) is 8.18. The molecule has 0 spiro atoms. The van der Waals surface area contributed by atoms with Gasteiger partial charge in [0.15, 0.2) is 11.6 Å². The fourth-order valence-corrected chi connectivity index (χ4v) is 3.26. The topological polar surface area (TPSA) is 46.6 Å². The van der Waals surface area contributed by atoms with Crippen LogP contribution in [-0.4, -0.2) is 22.6 Å². The zero-order chi connectivity index (χ0) is 16.5. The summed E-state index contributed by atoms with van der Waals surface area (Å²) in [7, 11) is -1.19. The third kappa shape index (κ3) is 3.03. The van der Waals surface area contributed by atoms with Crippen LogP contribution in [0.3, 0.4) is 0 Å². The average Bonchev–Trinajstić information content (AvgIpc) is 2.49. The van der Waals surface area contributed by atoms with Gasteiger partial charge >= 0.3 is 0 Å². The average molecular weight is 344 g/mol. The third-order valence-electron chi connectivity index (χ3n) is 3.30. The molecule has 0 heterocycles. The first kappa shape index (κ1) is 16.6. The fourth-order valence-electron chi connectivity index (χ4n) is 1.88. The van der Waals surface area contributed by atoms with Crippen LogP contribution >= 0.6 is 11.6 Å². The number of nitrogens with zero attached hydrogens (tertiary/aromatic N) is 1. The maximum Gasteiger partial charge on any atom is 0.264 e. The van der Waals surface area contributed by atoms with Crippen LogP contribution in [0.25, 0.3) is 0 Å². The standard InChI is InChI=1S/C15H15ClFNO3S/c1-10-4-5-11(8-13(10)16)18(2)22(19,20)12-6-7-15(21-3)14(17)9-12/h4-9H,1-3H3. The molecule has 7 heteroatoms. The number of sulfonamides is 1. The Hall–Kier alpha value is -1.79. The number of hydrogen-bond acceptors (Lipinski definition) is 3. The molecule has 22 heavy (non-hydrogen) atoms. The predicted octanol–water partition coefficient (Wildman–Crippen LogP) is 3.62. The minimum absolute atomic E-state index is 0.0139. The summed E-state index contributed by atoms with van der Waals surface area (Å²) in [5.41, 5.74) is 1.23. The second kappa shape index (κ2) is 6.14. The Labute approximate surface area is 134 Å². The summed E-state index contributed by atoms with van der Waals surface area (Å²) in [6.45, 7) is 1.82. The third-order valence-corrected chi connectivity index (χ3v) is 5.49. The van der Waals surface area contributed by atoms with Gasteiger partial charge in [-0.15, -0.1) is 0 Å². The Bertz CT molecular complexity index is 808. The van der Waals surface area contributed by atoms with Gasteiger partial charge in [0.05, 0.1) is 17.7 Å². The molecule has 0 radical (unpaired) electrons. The molecule has 0 saturated heterocycles. The highest BCUT2D eigenvalue weighted by Crippen LogP contribution is 2.28. The van der Waals surface area contributed by atoms with Gasteiger partial charge in [0.2, 0.25) is 0 Å². The van der Waals surface area contributed by atoms with Crippen LogP contribution in [0.2, 0.25) is 5.02 Å². The Morgan fingerprint density at radius 3 is 2.41 bits per heavy atom. The number of benzene rings is 2. The Kier molecular flexibility index (Phi) is 4.63. The molecular weight excluding hydrogens is 329 g/mol. The summed E-state index contributed by atoms with van der Waals surface area (Å²) in [5, 5.41) is 0.459. The number of anilines is 1. The molecule has 2 aromatic rings. The van der Waals surface area contributed by atoms with Gasteiger partial charge in [-0.2, -0.15) is 0 Å². The van der Waals surface area contributed by atoms with Crippen LogP contribution in [-0.2, 0) is 10.0 Å². The quantitative estimate of drug-likeness (QED) is 0.851. The molecular formula is C15H15ClFNO3S. The van der Waals surface area contributed by atoms with Crippen molar-refractivity contribution in [3.05, 3.63) is 52.8 Å².